The minimum absolute atomic E-state index is 0.466. The summed E-state index contributed by atoms with van der Waals surface area (Å²) < 4.78 is 16.5. The standard InChI is InChI=1S/C49H29NO2S/c1-2-13-30(14-3-1)50(31-25-26-47-37(27-31)35-18-7-11-24-46(35)53-47)42-22-12-23-43-48(42)52-45-29-41-36(28-44(45)51-43)34-17-6-10-21-40(34)49(41)38-19-8-4-15-32(38)33-16-5-9-20-39(33)49/h1-29H. The lowest BCUT2D eigenvalue weighted by atomic mass is 9.70. The summed E-state index contributed by atoms with van der Waals surface area (Å²) in [5.74, 6) is 2.81. The van der Waals surface area contributed by atoms with Gasteiger partial charge in [0.05, 0.1) is 11.1 Å². The molecule has 0 fully saturated rings. The number of benzene rings is 8. The smallest absolute Gasteiger partial charge is 0.194 e. The molecule has 0 saturated carbocycles. The predicted octanol–water partition coefficient (Wildman–Crippen LogP) is 13.8. The Labute approximate surface area is 310 Å². The van der Waals surface area contributed by atoms with Crippen molar-refractivity contribution in [1.29, 1.82) is 0 Å². The molecular formula is C49H29NO2S. The fraction of sp³-hybridized carbons (Fsp3) is 0.0204. The Morgan fingerprint density at radius 3 is 1.77 bits per heavy atom. The zero-order valence-electron chi connectivity index (χ0n) is 28.4. The Balaban J connectivity index is 1.06. The SMILES string of the molecule is c1ccc(N(c2ccc3sc4ccccc4c3c2)c2cccc3c2Oc2cc4c(cc2O3)-c2ccccc2C42c3ccccc3-c3ccccc32)cc1. The molecule has 1 spiro atoms. The fourth-order valence-electron chi connectivity index (χ4n) is 9.21. The number of rotatable bonds is 3. The van der Waals surface area contributed by atoms with Gasteiger partial charge in [-0.05, 0) is 105 Å². The number of hydrogen-bond acceptors (Lipinski definition) is 4. The molecule has 0 N–H and O–H groups in total. The van der Waals surface area contributed by atoms with Crippen molar-refractivity contribution in [3.05, 3.63) is 198 Å². The normalized spacial score (nSPS) is 13.7. The molecule has 3 nitrogen and oxygen atoms in total. The van der Waals surface area contributed by atoms with E-state index in [4.69, 9.17) is 9.47 Å². The van der Waals surface area contributed by atoms with E-state index in [1.165, 1.54) is 64.7 Å². The molecule has 0 bridgehead atoms. The Morgan fingerprint density at radius 2 is 1.02 bits per heavy atom. The van der Waals surface area contributed by atoms with Crippen molar-refractivity contribution in [2.45, 2.75) is 5.41 Å². The first-order valence-electron chi connectivity index (χ1n) is 18.0. The number of fused-ring (bicyclic) bond motifs is 15. The highest BCUT2D eigenvalue weighted by Crippen LogP contribution is 2.65. The number of thiophene rings is 1. The minimum Gasteiger partial charge on any atom is -0.449 e. The van der Waals surface area contributed by atoms with Crippen LogP contribution in [0.4, 0.5) is 17.1 Å². The Kier molecular flexibility index (Phi) is 5.86. The van der Waals surface area contributed by atoms with Gasteiger partial charge in [-0.15, -0.1) is 11.3 Å². The molecule has 2 heterocycles. The third-order valence-electron chi connectivity index (χ3n) is 11.3. The van der Waals surface area contributed by atoms with Gasteiger partial charge in [0.1, 0.15) is 0 Å². The van der Waals surface area contributed by atoms with Gasteiger partial charge in [-0.1, -0.05) is 115 Å². The van der Waals surface area contributed by atoms with Gasteiger partial charge in [-0.25, -0.2) is 0 Å². The molecule has 4 heteroatoms. The van der Waals surface area contributed by atoms with E-state index in [1.54, 1.807) is 0 Å². The fourth-order valence-corrected chi connectivity index (χ4v) is 10.3. The molecule has 0 saturated heterocycles. The maximum Gasteiger partial charge on any atom is 0.194 e. The second kappa shape index (κ2) is 10.7. The van der Waals surface area contributed by atoms with Crippen LogP contribution < -0.4 is 14.4 Å². The molecule has 0 atom stereocenters. The van der Waals surface area contributed by atoms with Gasteiger partial charge in [0.25, 0.3) is 0 Å². The van der Waals surface area contributed by atoms with Crippen LogP contribution in [0.1, 0.15) is 22.3 Å². The minimum atomic E-state index is -0.466. The molecule has 8 aromatic carbocycles. The van der Waals surface area contributed by atoms with E-state index in [9.17, 15) is 0 Å². The summed E-state index contributed by atoms with van der Waals surface area (Å²) in [6.07, 6.45) is 0. The zero-order chi connectivity index (χ0) is 34.7. The zero-order valence-corrected chi connectivity index (χ0v) is 29.2. The summed E-state index contributed by atoms with van der Waals surface area (Å²) in [6.45, 7) is 0. The largest absolute Gasteiger partial charge is 0.449 e. The maximum atomic E-state index is 7.11. The summed E-state index contributed by atoms with van der Waals surface area (Å²) >= 11 is 1.83. The van der Waals surface area contributed by atoms with Crippen LogP contribution in [0.2, 0.25) is 0 Å². The predicted molar refractivity (Wildman–Crippen MR) is 217 cm³/mol. The molecule has 3 aliphatic rings. The monoisotopic (exact) mass is 695 g/mol. The van der Waals surface area contributed by atoms with Crippen molar-refractivity contribution < 1.29 is 9.47 Å². The van der Waals surface area contributed by atoms with Crippen LogP contribution in [0.25, 0.3) is 42.4 Å². The van der Waals surface area contributed by atoms with Gasteiger partial charge in [0.15, 0.2) is 23.0 Å². The van der Waals surface area contributed by atoms with E-state index in [0.717, 1.165) is 22.8 Å². The van der Waals surface area contributed by atoms with Gasteiger partial charge in [-0.2, -0.15) is 0 Å². The number of ether oxygens (including phenoxy) is 2. The second-order valence-electron chi connectivity index (χ2n) is 14.0. The average Bonchev–Trinajstić information content (AvgIpc) is 3.84. The molecule has 1 aromatic heterocycles. The lowest BCUT2D eigenvalue weighted by molar-refractivity contribution is 0.360. The van der Waals surface area contributed by atoms with E-state index < -0.39 is 5.41 Å². The molecule has 248 valence electrons. The number of anilines is 3. The van der Waals surface area contributed by atoms with Crippen LogP contribution in [0.15, 0.2) is 176 Å². The molecule has 0 unspecified atom stereocenters. The number of nitrogens with zero attached hydrogens (tertiary/aromatic N) is 1. The summed E-state index contributed by atoms with van der Waals surface area (Å²) in [4.78, 5) is 2.28. The van der Waals surface area contributed by atoms with E-state index in [-0.39, 0.29) is 0 Å². The van der Waals surface area contributed by atoms with E-state index in [1.807, 2.05) is 17.4 Å². The average molecular weight is 696 g/mol. The Morgan fingerprint density at radius 1 is 0.396 bits per heavy atom. The summed E-state index contributed by atoms with van der Waals surface area (Å²) in [5, 5.41) is 2.51. The van der Waals surface area contributed by atoms with Crippen LogP contribution in [0.5, 0.6) is 23.0 Å². The third-order valence-corrected chi connectivity index (χ3v) is 12.5. The Bertz CT molecular complexity index is 2930. The van der Waals surface area contributed by atoms with Crippen molar-refractivity contribution in [2.24, 2.45) is 0 Å². The van der Waals surface area contributed by atoms with Crippen molar-refractivity contribution in [1.82, 2.24) is 0 Å². The molecule has 12 rings (SSSR count). The topological polar surface area (TPSA) is 21.7 Å². The van der Waals surface area contributed by atoms with Gasteiger partial charge >= 0.3 is 0 Å². The second-order valence-corrected chi connectivity index (χ2v) is 15.1. The van der Waals surface area contributed by atoms with Gasteiger partial charge < -0.3 is 14.4 Å². The van der Waals surface area contributed by atoms with E-state index in [0.29, 0.717) is 17.2 Å². The van der Waals surface area contributed by atoms with Crippen molar-refractivity contribution in [2.75, 3.05) is 4.90 Å². The van der Waals surface area contributed by atoms with Gasteiger partial charge in [0.2, 0.25) is 0 Å². The van der Waals surface area contributed by atoms with Crippen molar-refractivity contribution in [3.63, 3.8) is 0 Å². The molecular weight excluding hydrogens is 667 g/mol. The van der Waals surface area contributed by atoms with E-state index in [2.05, 4.69) is 175 Å². The molecule has 2 aliphatic carbocycles. The molecule has 9 aromatic rings. The third kappa shape index (κ3) is 3.88. The summed E-state index contributed by atoms with van der Waals surface area (Å²) in [7, 11) is 0. The van der Waals surface area contributed by atoms with Crippen LogP contribution >= 0.6 is 11.3 Å². The van der Waals surface area contributed by atoms with Crippen LogP contribution in [0.3, 0.4) is 0 Å². The van der Waals surface area contributed by atoms with Crippen LogP contribution in [0, 0.1) is 0 Å². The number of para-hydroxylation sites is 2. The molecule has 1 aliphatic heterocycles. The highest BCUT2D eigenvalue weighted by molar-refractivity contribution is 7.25. The lowest BCUT2D eigenvalue weighted by Crippen LogP contribution is -2.25. The first kappa shape index (κ1) is 29.0. The highest BCUT2D eigenvalue weighted by Gasteiger charge is 2.52. The highest BCUT2D eigenvalue weighted by atomic mass is 32.1. The van der Waals surface area contributed by atoms with Gasteiger partial charge in [-0.3, -0.25) is 0 Å². The molecule has 0 radical (unpaired) electrons. The van der Waals surface area contributed by atoms with Crippen molar-refractivity contribution in [3.8, 4) is 45.3 Å². The maximum absolute atomic E-state index is 7.11. The quantitative estimate of drug-likeness (QED) is 0.184. The first-order valence-corrected chi connectivity index (χ1v) is 18.8. The summed E-state index contributed by atoms with van der Waals surface area (Å²) in [5.41, 5.74) is 12.6. The van der Waals surface area contributed by atoms with Crippen molar-refractivity contribution >= 4 is 48.6 Å². The summed E-state index contributed by atoms with van der Waals surface area (Å²) in [6, 6.07) is 63.2. The molecule has 0 amide bonds. The Hall–Kier alpha value is -6.62. The first-order chi connectivity index (χ1) is 26.3. The van der Waals surface area contributed by atoms with Crippen LogP contribution in [-0.4, -0.2) is 0 Å². The lowest BCUT2D eigenvalue weighted by Gasteiger charge is -2.32. The van der Waals surface area contributed by atoms with Crippen LogP contribution in [-0.2, 0) is 5.41 Å². The van der Waals surface area contributed by atoms with E-state index >= 15 is 0 Å². The number of hydrogen-bond donors (Lipinski definition) is 0. The molecule has 53 heavy (non-hydrogen) atoms. The van der Waals surface area contributed by atoms with Gasteiger partial charge in [0, 0.05) is 31.5 Å².